The first-order chi connectivity index (χ1) is 11.0. The molecule has 0 aliphatic carbocycles. The second-order valence-corrected chi connectivity index (χ2v) is 5.61. The van der Waals surface area contributed by atoms with Crippen LogP contribution in [0, 0.1) is 10.1 Å². The maximum Gasteiger partial charge on any atom is 0.344 e. The zero-order valence-corrected chi connectivity index (χ0v) is 13.5. The van der Waals surface area contributed by atoms with E-state index in [9.17, 15) is 14.9 Å². The monoisotopic (exact) mass is 333 g/mol. The van der Waals surface area contributed by atoms with Gasteiger partial charge in [0.1, 0.15) is 11.3 Å². The molecular weight excluding hydrogens is 318 g/mol. The number of ether oxygens (including phenoxy) is 2. The summed E-state index contributed by atoms with van der Waals surface area (Å²) in [4.78, 5) is 23.1. The lowest BCUT2D eigenvalue weighted by molar-refractivity contribution is -0.385. The molecule has 23 heavy (non-hydrogen) atoms. The summed E-state index contributed by atoms with van der Waals surface area (Å²) in [6.07, 6.45) is 0. The van der Waals surface area contributed by atoms with Gasteiger partial charge in [0.05, 0.1) is 19.1 Å². The summed E-state index contributed by atoms with van der Waals surface area (Å²) in [5, 5.41) is 11.0. The van der Waals surface area contributed by atoms with Crippen LogP contribution in [0.4, 0.5) is 5.69 Å². The van der Waals surface area contributed by atoms with E-state index in [0.29, 0.717) is 5.75 Å². The highest BCUT2D eigenvalue weighted by atomic mass is 32.2. The van der Waals surface area contributed by atoms with Crippen LogP contribution in [0.5, 0.6) is 5.75 Å². The Morgan fingerprint density at radius 2 is 1.87 bits per heavy atom. The molecule has 2 aromatic carbocycles. The van der Waals surface area contributed by atoms with Crippen molar-refractivity contribution in [2.24, 2.45) is 0 Å². The van der Waals surface area contributed by atoms with Gasteiger partial charge in [-0.15, -0.1) is 11.8 Å². The molecule has 0 heterocycles. The van der Waals surface area contributed by atoms with Gasteiger partial charge in [0.15, 0.2) is 0 Å². The molecule has 0 spiro atoms. The lowest BCUT2D eigenvalue weighted by Gasteiger charge is -2.06. The molecule has 2 rings (SSSR count). The van der Waals surface area contributed by atoms with Gasteiger partial charge in [-0.05, 0) is 35.9 Å². The number of hydrogen-bond acceptors (Lipinski definition) is 6. The molecule has 0 bridgehead atoms. The summed E-state index contributed by atoms with van der Waals surface area (Å²) < 4.78 is 9.70. The lowest BCUT2D eigenvalue weighted by Crippen LogP contribution is -2.06. The maximum atomic E-state index is 11.7. The fourth-order valence-electron chi connectivity index (χ4n) is 1.94. The highest BCUT2D eigenvalue weighted by molar-refractivity contribution is 7.98. The number of carbonyl (C=O) groups is 1. The van der Waals surface area contributed by atoms with Gasteiger partial charge in [-0.1, -0.05) is 6.07 Å². The Kier molecular flexibility index (Phi) is 5.59. The van der Waals surface area contributed by atoms with Crippen LogP contribution < -0.4 is 4.74 Å². The van der Waals surface area contributed by atoms with Crippen LogP contribution in [0.25, 0.3) is 0 Å². The van der Waals surface area contributed by atoms with Crippen LogP contribution in [-0.4, -0.2) is 25.1 Å². The zero-order chi connectivity index (χ0) is 16.8. The Morgan fingerprint density at radius 1 is 1.17 bits per heavy atom. The van der Waals surface area contributed by atoms with Crippen molar-refractivity contribution in [2.45, 2.75) is 10.6 Å². The molecule has 7 heteroatoms. The molecular formula is C16H15NO5S. The van der Waals surface area contributed by atoms with Gasteiger partial charge in [-0.3, -0.25) is 10.1 Å². The van der Waals surface area contributed by atoms with Crippen LogP contribution in [0.15, 0.2) is 47.4 Å². The molecule has 6 nitrogen and oxygen atoms in total. The van der Waals surface area contributed by atoms with Gasteiger partial charge in [-0.2, -0.15) is 0 Å². The van der Waals surface area contributed by atoms with Crippen molar-refractivity contribution in [1.29, 1.82) is 0 Å². The fraction of sp³-hybridized carbons (Fsp3) is 0.188. The van der Waals surface area contributed by atoms with E-state index in [0.717, 1.165) is 16.2 Å². The highest BCUT2D eigenvalue weighted by Gasteiger charge is 2.21. The molecule has 2 aromatic rings. The van der Waals surface area contributed by atoms with E-state index in [2.05, 4.69) is 4.74 Å². The van der Waals surface area contributed by atoms with Gasteiger partial charge in [0.2, 0.25) is 0 Å². The van der Waals surface area contributed by atoms with Gasteiger partial charge in [-0.25, -0.2) is 4.79 Å². The number of carbonyl (C=O) groups excluding carboxylic acids is 1. The molecule has 0 fully saturated rings. The first kappa shape index (κ1) is 16.8. The van der Waals surface area contributed by atoms with Crippen molar-refractivity contribution in [1.82, 2.24) is 0 Å². The predicted octanol–water partition coefficient (Wildman–Crippen LogP) is 3.68. The summed E-state index contributed by atoms with van der Waals surface area (Å²) in [7, 11) is 2.80. The number of nitrogens with zero attached hydrogens (tertiary/aromatic N) is 1. The molecule has 0 unspecified atom stereocenters. The summed E-state index contributed by atoms with van der Waals surface area (Å²) >= 11 is 1.56. The minimum absolute atomic E-state index is 0.0367. The van der Waals surface area contributed by atoms with Crippen molar-refractivity contribution in [3.05, 3.63) is 63.7 Å². The molecule has 120 valence electrons. The Balaban J connectivity index is 2.16. The van der Waals surface area contributed by atoms with E-state index < -0.39 is 10.9 Å². The number of benzene rings is 2. The van der Waals surface area contributed by atoms with E-state index in [1.54, 1.807) is 24.9 Å². The fourth-order valence-corrected chi connectivity index (χ4v) is 2.79. The molecule has 0 aliphatic rings. The Hall–Kier alpha value is -2.54. The number of rotatable bonds is 6. The molecule has 0 atom stereocenters. The summed E-state index contributed by atoms with van der Waals surface area (Å²) in [5.74, 6) is 0.638. The Labute approximate surface area is 137 Å². The van der Waals surface area contributed by atoms with E-state index in [4.69, 9.17) is 4.74 Å². The second-order valence-electron chi connectivity index (χ2n) is 4.56. The van der Waals surface area contributed by atoms with Crippen molar-refractivity contribution in [2.75, 3.05) is 14.2 Å². The van der Waals surface area contributed by atoms with Crippen LogP contribution in [0.2, 0.25) is 0 Å². The van der Waals surface area contributed by atoms with E-state index in [-0.39, 0.29) is 11.3 Å². The number of esters is 1. The molecule has 0 saturated carbocycles. The number of nitro groups is 1. The first-order valence-electron chi connectivity index (χ1n) is 6.67. The number of thioether (sulfide) groups is 1. The lowest BCUT2D eigenvalue weighted by atomic mass is 10.1. The largest absolute Gasteiger partial charge is 0.497 e. The van der Waals surface area contributed by atoms with Crippen LogP contribution >= 0.6 is 11.8 Å². The van der Waals surface area contributed by atoms with Gasteiger partial charge >= 0.3 is 5.97 Å². The molecule has 0 aliphatic heterocycles. The highest BCUT2D eigenvalue weighted by Crippen LogP contribution is 2.27. The topological polar surface area (TPSA) is 78.7 Å². The van der Waals surface area contributed by atoms with Gasteiger partial charge in [0.25, 0.3) is 5.69 Å². The standard InChI is InChI=1S/C16H15NO5S/c1-21-12-4-6-13(7-5-12)23-10-11-3-8-15(17(19)20)14(9-11)16(18)22-2/h3-9H,10H2,1-2H3. The third-order valence-electron chi connectivity index (χ3n) is 3.13. The quantitative estimate of drug-likeness (QED) is 0.347. The summed E-state index contributed by atoms with van der Waals surface area (Å²) in [6.45, 7) is 0. The average Bonchev–Trinajstić information content (AvgIpc) is 2.59. The Bertz CT molecular complexity index is 715. The molecule has 0 aromatic heterocycles. The third kappa shape index (κ3) is 4.23. The molecule has 0 amide bonds. The number of methoxy groups -OCH3 is 2. The van der Waals surface area contributed by atoms with Gasteiger partial charge < -0.3 is 9.47 Å². The summed E-state index contributed by atoms with van der Waals surface area (Å²) in [6, 6.07) is 12.0. The summed E-state index contributed by atoms with van der Waals surface area (Å²) in [5.41, 5.74) is 0.511. The van der Waals surface area contributed by atoms with Gasteiger partial charge in [0, 0.05) is 16.7 Å². The van der Waals surface area contributed by atoms with E-state index >= 15 is 0 Å². The first-order valence-corrected chi connectivity index (χ1v) is 7.66. The van der Waals surface area contributed by atoms with Crippen LogP contribution in [0.1, 0.15) is 15.9 Å². The van der Waals surface area contributed by atoms with Crippen LogP contribution in [-0.2, 0) is 10.5 Å². The van der Waals surface area contributed by atoms with E-state index in [1.807, 2.05) is 24.3 Å². The number of nitro benzene ring substituents is 1. The SMILES string of the molecule is COC(=O)c1cc(CSc2ccc(OC)cc2)ccc1[N+](=O)[O-]. The van der Waals surface area contributed by atoms with Crippen molar-refractivity contribution < 1.29 is 19.2 Å². The van der Waals surface area contributed by atoms with E-state index in [1.165, 1.54) is 19.2 Å². The molecule has 0 saturated heterocycles. The average molecular weight is 333 g/mol. The number of hydrogen-bond donors (Lipinski definition) is 0. The maximum absolute atomic E-state index is 11.7. The van der Waals surface area contributed by atoms with Crippen molar-refractivity contribution >= 4 is 23.4 Å². The third-order valence-corrected chi connectivity index (χ3v) is 4.21. The molecule has 0 N–H and O–H groups in total. The zero-order valence-electron chi connectivity index (χ0n) is 12.6. The van der Waals surface area contributed by atoms with Crippen molar-refractivity contribution in [3.8, 4) is 5.75 Å². The van der Waals surface area contributed by atoms with Crippen molar-refractivity contribution in [3.63, 3.8) is 0 Å². The molecule has 0 radical (unpaired) electrons. The minimum atomic E-state index is -0.715. The second kappa shape index (κ2) is 7.64. The normalized spacial score (nSPS) is 10.2. The Morgan fingerprint density at radius 3 is 2.43 bits per heavy atom. The van der Waals surface area contributed by atoms with Crippen LogP contribution in [0.3, 0.4) is 0 Å². The minimum Gasteiger partial charge on any atom is -0.497 e. The smallest absolute Gasteiger partial charge is 0.344 e. The predicted molar refractivity (Wildman–Crippen MR) is 87.0 cm³/mol.